The largest absolute Gasteiger partial charge is 0.289 e. The third-order valence-corrected chi connectivity index (χ3v) is 8.40. The summed E-state index contributed by atoms with van der Waals surface area (Å²) in [5.74, 6) is -0.553. The maximum absolute atomic E-state index is 13.6. The molecule has 0 saturated heterocycles. The number of rotatable bonds is 4. The Morgan fingerprint density at radius 1 is 0.970 bits per heavy atom. The van der Waals surface area contributed by atoms with Crippen LogP contribution in [0.3, 0.4) is 0 Å². The van der Waals surface area contributed by atoms with E-state index in [1.54, 1.807) is 17.0 Å². The first-order valence-electron chi connectivity index (χ1n) is 10.5. The molecule has 0 spiro atoms. The van der Waals surface area contributed by atoms with Gasteiger partial charge in [0.25, 0.3) is 5.91 Å². The summed E-state index contributed by atoms with van der Waals surface area (Å²) in [6.45, 7) is 4.42. The Morgan fingerprint density at radius 3 is 2.42 bits per heavy atom. The van der Waals surface area contributed by atoms with Gasteiger partial charge in [0.05, 0.1) is 20.0 Å². The van der Waals surface area contributed by atoms with Crippen molar-refractivity contribution in [3.63, 3.8) is 0 Å². The smallest absolute Gasteiger partial charge is 0.260 e. The van der Waals surface area contributed by atoms with Crippen molar-refractivity contribution in [2.75, 3.05) is 11.4 Å². The van der Waals surface area contributed by atoms with E-state index in [1.165, 1.54) is 41.7 Å². The van der Waals surface area contributed by atoms with Crippen molar-refractivity contribution in [1.29, 1.82) is 0 Å². The molecule has 0 radical (unpaired) electrons. The van der Waals surface area contributed by atoms with Crippen LogP contribution in [0, 0.1) is 5.92 Å². The molecule has 6 nitrogen and oxygen atoms in total. The molecule has 33 heavy (non-hydrogen) atoms. The molecule has 0 bridgehead atoms. The number of carbonyl (C=O) groups excluding carboxylic acids is 2. The van der Waals surface area contributed by atoms with Gasteiger partial charge < -0.3 is 0 Å². The van der Waals surface area contributed by atoms with Gasteiger partial charge in [0.1, 0.15) is 0 Å². The van der Waals surface area contributed by atoms with Crippen molar-refractivity contribution in [1.82, 2.24) is 4.98 Å². The van der Waals surface area contributed by atoms with E-state index in [0.29, 0.717) is 11.7 Å². The first kappa shape index (κ1) is 21.5. The van der Waals surface area contributed by atoms with Crippen LogP contribution in [0.15, 0.2) is 76.5 Å². The van der Waals surface area contributed by atoms with Crippen LogP contribution in [0.1, 0.15) is 40.1 Å². The summed E-state index contributed by atoms with van der Waals surface area (Å²) in [4.78, 5) is 32.5. The van der Waals surface area contributed by atoms with Crippen molar-refractivity contribution in [2.45, 2.75) is 23.6 Å². The molecule has 0 aliphatic carbocycles. The molecule has 1 amide bonds. The first-order valence-corrected chi connectivity index (χ1v) is 12.8. The Kier molecular flexibility index (Phi) is 5.14. The Bertz CT molecular complexity index is 1500. The number of anilines is 1. The lowest BCUT2D eigenvalue weighted by molar-refractivity contribution is 0.0980. The van der Waals surface area contributed by atoms with Crippen LogP contribution in [0.4, 0.5) is 5.13 Å². The van der Waals surface area contributed by atoms with E-state index in [0.717, 1.165) is 10.2 Å². The van der Waals surface area contributed by atoms with Gasteiger partial charge in [-0.1, -0.05) is 49.4 Å². The van der Waals surface area contributed by atoms with Gasteiger partial charge in [0.2, 0.25) is 9.84 Å². The van der Waals surface area contributed by atoms with Gasteiger partial charge >= 0.3 is 0 Å². The number of hydrogen-bond donors (Lipinski definition) is 0. The fraction of sp³-hybridized carbons (Fsp3) is 0.160. The quantitative estimate of drug-likeness (QED) is 0.365. The number of amides is 1. The number of ketones is 1. The SMILES string of the molecule is CC(C)CN(C(=O)c1ccc2c(c1)S(=O)(=O)c1ccccc1C2=O)c1nc2ccccc2s1. The van der Waals surface area contributed by atoms with Crippen molar-refractivity contribution in [3.8, 4) is 0 Å². The lowest BCUT2D eigenvalue weighted by Crippen LogP contribution is -2.34. The fourth-order valence-electron chi connectivity index (χ4n) is 3.96. The molecule has 4 aromatic rings. The molecule has 0 saturated carbocycles. The van der Waals surface area contributed by atoms with Gasteiger partial charge in [0, 0.05) is 23.2 Å². The second kappa shape index (κ2) is 7.90. The molecule has 0 fully saturated rings. The number of sulfone groups is 1. The Morgan fingerprint density at radius 2 is 1.67 bits per heavy atom. The summed E-state index contributed by atoms with van der Waals surface area (Å²) in [6.07, 6.45) is 0. The molecule has 5 rings (SSSR count). The topological polar surface area (TPSA) is 84.4 Å². The average molecular weight is 477 g/mol. The minimum Gasteiger partial charge on any atom is -0.289 e. The van der Waals surface area contributed by atoms with Crippen LogP contribution in [-0.2, 0) is 9.84 Å². The molecule has 1 aromatic heterocycles. The predicted octanol–water partition coefficient (Wildman–Crippen LogP) is 4.98. The van der Waals surface area contributed by atoms with Gasteiger partial charge in [-0.2, -0.15) is 0 Å². The standard InChI is InChI=1S/C25H20N2O4S2/c1-15(2)14-27(25-26-19-8-4-5-9-20(19)32-25)24(29)16-11-12-18-22(13-16)33(30,31)21-10-6-3-7-17(21)23(18)28/h3-13,15H,14H2,1-2H3. The van der Waals surface area contributed by atoms with Crippen molar-refractivity contribution >= 4 is 48.2 Å². The zero-order valence-electron chi connectivity index (χ0n) is 18.0. The Labute approximate surface area is 195 Å². The highest BCUT2D eigenvalue weighted by Gasteiger charge is 2.35. The molecule has 8 heteroatoms. The maximum Gasteiger partial charge on any atom is 0.260 e. The van der Waals surface area contributed by atoms with E-state index in [-0.39, 0.29) is 44.1 Å². The van der Waals surface area contributed by atoms with Crippen LogP contribution < -0.4 is 4.90 Å². The van der Waals surface area contributed by atoms with E-state index in [4.69, 9.17) is 0 Å². The minimum absolute atomic E-state index is 0.0303. The van der Waals surface area contributed by atoms with Gasteiger partial charge in [-0.05, 0) is 48.4 Å². The van der Waals surface area contributed by atoms with E-state index >= 15 is 0 Å². The van der Waals surface area contributed by atoms with Crippen molar-refractivity contribution < 1.29 is 18.0 Å². The minimum atomic E-state index is -3.93. The highest BCUT2D eigenvalue weighted by molar-refractivity contribution is 7.91. The van der Waals surface area contributed by atoms with Crippen molar-refractivity contribution in [2.24, 2.45) is 5.92 Å². The summed E-state index contributed by atoms with van der Waals surface area (Å²) in [6, 6.07) is 18.1. The lowest BCUT2D eigenvalue weighted by Gasteiger charge is -2.23. The number of hydrogen-bond acceptors (Lipinski definition) is 6. The maximum atomic E-state index is 13.6. The van der Waals surface area contributed by atoms with Crippen LogP contribution >= 0.6 is 11.3 Å². The monoisotopic (exact) mass is 476 g/mol. The third kappa shape index (κ3) is 3.55. The van der Waals surface area contributed by atoms with E-state index in [9.17, 15) is 18.0 Å². The zero-order chi connectivity index (χ0) is 23.3. The fourth-order valence-corrected chi connectivity index (χ4v) is 6.61. The molecule has 166 valence electrons. The molecular weight excluding hydrogens is 456 g/mol. The number of benzene rings is 3. The van der Waals surface area contributed by atoms with Crippen LogP contribution in [-0.4, -0.2) is 31.6 Å². The molecule has 0 atom stereocenters. The Balaban J connectivity index is 1.60. The molecule has 3 aromatic carbocycles. The highest BCUT2D eigenvalue weighted by Crippen LogP contribution is 2.36. The molecule has 2 heterocycles. The summed E-state index contributed by atoms with van der Waals surface area (Å²) in [5.41, 5.74) is 1.24. The van der Waals surface area contributed by atoms with Gasteiger partial charge in [-0.3, -0.25) is 14.5 Å². The van der Waals surface area contributed by atoms with Crippen LogP contribution in [0.2, 0.25) is 0 Å². The first-order chi connectivity index (χ1) is 15.8. The number of carbonyl (C=O) groups is 2. The van der Waals surface area contributed by atoms with E-state index < -0.39 is 9.84 Å². The summed E-state index contributed by atoms with van der Waals surface area (Å²) >= 11 is 1.41. The number of nitrogens with zero attached hydrogens (tertiary/aromatic N) is 2. The normalized spacial score (nSPS) is 14.2. The van der Waals surface area contributed by atoms with Gasteiger partial charge in [-0.15, -0.1) is 0 Å². The highest BCUT2D eigenvalue weighted by atomic mass is 32.2. The number of fused-ring (bicyclic) bond motifs is 3. The molecular formula is C25H20N2O4S2. The third-order valence-electron chi connectivity index (χ3n) is 5.49. The van der Waals surface area contributed by atoms with E-state index in [2.05, 4.69) is 4.98 Å². The number of para-hydroxylation sites is 1. The lowest BCUT2D eigenvalue weighted by atomic mass is 10.0. The summed E-state index contributed by atoms with van der Waals surface area (Å²) in [7, 11) is -3.93. The second-order valence-corrected chi connectivity index (χ2v) is 11.2. The zero-order valence-corrected chi connectivity index (χ0v) is 19.6. The summed E-state index contributed by atoms with van der Waals surface area (Å²) in [5, 5.41) is 0.553. The number of thiazole rings is 1. The number of aromatic nitrogens is 1. The Hall–Kier alpha value is -3.36. The van der Waals surface area contributed by atoms with Crippen molar-refractivity contribution in [3.05, 3.63) is 83.4 Å². The van der Waals surface area contributed by atoms with Crippen LogP contribution in [0.25, 0.3) is 10.2 Å². The van der Waals surface area contributed by atoms with Crippen LogP contribution in [0.5, 0.6) is 0 Å². The molecule has 1 aliphatic heterocycles. The summed E-state index contributed by atoms with van der Waals surface area (Å²) < 4.78 is 27.5. The predicted molar refractivity (Wildman–Crippen MR) is 128 cm³/mol. The second-order valence-electron chi connectivity index (χ2n) is 8.31. The molecule has 1 aliphatic rings. The van der Waals surface area contributed by atoms with Gasteiger partial charge in [-0.25, -0.2) is 13.4 Å². The van der Waals surface area contributed by atoms with E-state index in [1.807, 2.05) is 38.1 Å². The average Bonchev–Trinajstić information content (AvgIpc) is 3.24. The molecule has 0 N–H and O–H groups in total. The van der Waals surface area contributed by atoms with Gasteiger partial charge in [0.15, 0.2) is 10.9 Å². The molecule has 0 unspecified atom stereocenters.